The van der Waals surface area contributed by atoms with Crippen LogP contribution in [0.3, 0.4) is 0 Å². The molecule has 2 aliphatic heterocycles. The SMILES string of the molecule is C=CCCC/C=C(\C)[C@@H]1CCCCN1.CC.CC.CC.CN1CCCCC1.COC(C)c1cc(C(F)(F)F)cc(C(F)(F)F)c1. The molecule has 2 atom stereocenters. The van der Waals surface area contributed by atoms with Crippen molar-refractivity contribution in [3.05, 3.63) is 59.2 Å². The number of unbranched alkanes of at least 4 members (excludes halogenated alkanes) is 2. The van der Waals surface area contributed by atoms with Crippen LogP contribution in [0, 0.1) is 0 Å². The van der Waals surface area contributed by atoms with Crippen LogP contribution >= 0.6 is 0 Å². The predicted octanol–water partition coefficient (Wildman–Crippen LogP) is 12.0. The number of likely N-dealkylation sites (tertiary alicyclic amines) is 1. The summed E-state index contributed by atoms with van der Waals surface area (Å²) in [6, 6.07) is 2.06. The third-order valence-corrected chi connectivity index (χ3v) is 6.95. The van der Waals surface area contributed by atoms with E-state index in [0.717, 1.165) is 6.42 Å². The first-order valence-electron chi connectivity index (χ1n) is 16.8. The van der Waals surface area contributed by atoms with Gasteiger partial charge in [0.1, 0.15) is 0 Å². The van der Waals surface area contributed by atoms with Gasteiger partial charge in [-0.2, -0.15) is 26.3 Å². The lowest BCUT2D eigenvalue weighted by Gasteiger charge is -2.24. The number of nitrogens with zero attached hydrogens (tertiary/aromatic N) is 1. The maximum absolute atomic E-state index is 12.5. The van der Waals surface area contributed by atoms with Crippen LogP contribution < -0.4 is 5.32 Å². The van der Waals surface area contributed by atoms with Crippen LogP contribution in [0.4, 0.5) is 26.3 Å². The summed E-state index contributed by atoms with van der Waals surface area (Å²) >= 11 is 0. The third-order valence-electron chi connectivity index (χ3n) is 6.95. The van der Waals surface area contributed by atoms with E-state index in [2.05, 4.69) is 36.8 Å². The lowest BCUT2D eigenvalue weighted by atomic mass is 9.97. The molecule has 2 heterocycles. The molecule has 3 rings (SSSR count). The van der Waals surface area contributed by atoms with Crippen LogP contribution in [-0.4, -0.2) is 44.7 Å². The first-order chi connectivity index (χ1) is 21.3. The van der Waals surface area contributed by atoms with Gasteiger partial charge in [0.25, 0.3) is 0 Å². The Morgan fingerprint density at radius 1 is 0.889 bits per heavy atom. The van der Waals surface area contributed by atoms with Crippen LogP contribution in [-0.2, 0) is 17.1 Å². The zero-order valence-corrected chi connectivity index (χ0v) is 29.9. The average Bonchev–Trinajstić information content (AvgIpc) is 3.06. The lowest BCUT2D eigenvalue weighted by molar-refractivity contribution is -0.143. The Hall–Kier alpha value is -1.84. The molecule has 45 heavy (non-hydrogen) atoms. The van der Waals surface area contributed by atoms with E-state index < -0.39 is 29.6 Å². The van der Waals surface area contributed by atoms with E-state index in [1.807, 2.05) is 47.6 Å². The molecule has 9 heteroatoms. The molecule has 0 aliphatic carbocycles. The van der Waals surface area contributed by atoms with Crippen molar-refractivity contribution < 1.29 is 31.1 Å². The monoisotopic (exact) mass is 654 g/mol. The van der Waals surface area contributed by atoms with E-state index in [-0.39, 0.29) is 11.6 Å². The zero-order valence-electron chi connectivity index (χ0n) is 29.9. The number of hydrogen-bond donors (Lipinski definition) is 1. The summed E-state index contributed by atoms with van der Waals surface area (Å²) in [5.74, 6) is 0. The summed E-state index contributed by atoms with van der Waals surface area (Å²) in [6.45, 7) is 23.2. The topological polar surface area (TPSA) is 24.5 Å². The van der Waals surface area contributed by atoms with Crippen molar-refractivity contribution in [3.63, 3.8) is 0 Å². The smallest absolute Gasteiger partial charge is 0.377 e. The minimum Gasteiger partial charge on any atom is -0.377 e. The van der Waals surface area contributed by atoms with E-state index >= 15 is 0 Å². The second kappa shape index (κ2) is 28.4. The number of rotatable bonds is 7. The predicted molar refractivity (Wildman–Crippen MR) is 181 cm³/mol. The molecule has 0 spiro atoms. The number of methoxy groups -OCH3 is 1. The van der Waals surface area contributed by atoms with Gasteiger partial charge in [0.05, 0.1) is 17.2 Å². The van der Waals surface area contributed by atoms with Crippen molar-refractivity contribution in [2.24, 2.45) is 0 Å². The van der Waals surface area contributed by atoms with Gasteiger partial charge in [-0.1, -0.05) is 72.1 Å². The minimum atomic E-state index is -4.83. The fourth-order valence-corrected chi connectivity index (χ4v) is 4.38. The summed E-state index contributed by atoms with van der Waals surface area (Å²) in [7, 11) is 3.40. The van der Waals surface area contributed by atoms with Crippen molar-refractivity contribution in [1.82, 2.24) is 10.2 Å². The van der Waals surface area contributed by atoms with Gasteiger partial charge in [-0.3, -0.25) is 0 Å². The second-order valence-electron chi connectivity index (χ2n) is 10.3. The van der Waals surface area contributed by atoms with Gasteiger partial charge in [0.2, 0.25) is 0 Å². The molecule has 3 nitrogen and oxygen atoms in total. The van der Waals surface area contributed by atoms with Gasteiger partial charge in [-0.15, -0.1) is 6.58 Å². The van der Waals surface area contributed by atoms with Gasteiger partial charge < -0.3 is 15.0 Å². The minimum absolute atomic E-state index is 0.0892. The number of hydrogen-bond acceptors (Lipinski definition) is 3. The van der Waals surface area contributed by atoms with Crippen LogP contribution in [0.15, 0.2) is 42.5 Å². The Morgan fingerprint density at radius 2 is 1.40 bits per heavy atom. The highest BCUT2D eigenvalue weighted by Crippen LogP contribution is 2.37. The highest BCUT2D eigenvalue weighted by Gasteiger charge is 2.37. The van der Waals surface area contributed by atoms with Gasteiger partial charge in [0.15, 0.2) is 0 Å². The number of benzene rings is 1. The highest BCUT2D eigenvalue weighted by molar-refractivity contribution is 5.34. The van der Waals surface area contributed by atoms with Crippen molar-refractivity contribution in [2.45, 2.75) is 138 Å². The molecule has 0 aromatic heterocycles. The molecule has 0 saturated carbocycles. The molecule has 1 N–H and O–H groups in total. The Morgan fingerprint density at radius 3 is 1.76 bits per heavy atom. The van der Waals surface area contributed by atoms with Crippen LogP contribution in [0.25, 0.3) is 0 Å². The quantitative estimate of drug-likeness (QED) is 0.180. The van der Waals surface area contributed by atoms with E-state index in [1.165, 1.54) is 90.6 Å². The number of ether oxygens (including phenoxy) is 1. The Balaban J connectivity index is -0.000000576. The lowest BCUT2D eigenvalue weighted by Crippen LogP contribution is -2.34. The van der Waals surface area contributed by atoms with Gasteiger partial charge in [-0.25, -0.2) is 0 Å². The van der Waals surface area contributed by atoms with Crippen molar-refractivity contribution >= 4 is 0 Å². The molecule has 2 saturated heterocycles. The number of nitrogens with one attached hydrogen (secondary N) is 1. The molecule has 1 aromatic carbocycles. The first-order valence-corrected chi connectivity index (χ1v) is 16.8. The summed E-state index contributed by atoms with van der Waals surface area (Å²) < 4.78 is 79.7. The molecule has 0 bridgehead atoms. The Kier molecular flexibility index (Phi) is 30.0. The Labute approximate surface area is 271 Å². The van der Waals surface area contributed by atoms with Crippen LogP contribution in [0.2, 0.25) is 0 Å². The van der Waals surface area contributed by atoms with Crippen molar-refractivity contribution in [3.8, 4) is 0 Å². The largest absolute Gasteiger partial charge is 0.416 e. The molecule has 2 aliphatic rings. The molecular weight excluding hydrogens is 590 g/mol. The first kappa shape index (κ1) is 47.6. The molecule has 1 aromatic rings. The standard InChI is InChI=1S/C13H23N.C11H10F6O.C6H13N.3C2H6/c1-3-4-5-6-9-12(2)13-10-7-8-11-14-13;1-6(18-2)7-3-8(10(12,13)14)5-9(4-7)11(15,16)17;1-7-5-3-2-4-6-7;3*1-2/h3,9,13-14H,1,4-8,10-11H2,2H3;3-6H,1-2H3;2-6H2,1H3;3*1-2H3/b12-9+;;;;;/t13-;;;;;/m0...../s1. The number of halogens is 6. The fraction of sp³-hybridized carbons (Fsp3) is 0.722. The number of piperidine rings is 2. The molecule has 1 unspecified atom stereocenters. The zero-order chi connectivity index (χ0) is 35.5. The number of allylic oxidation sites excluding steroid dienone is 2. The normalized spacial score (nSPS) is 17.5. The third kappa shape index (κ3) is 23.2. The summed E-state index contributed by atoms with van der Waals surface area (Å²) in [4.78, 5) is 2.39. The molecule has 0 amide bonds. The van der Waals surface area contributed by atoms with Crippen molar-refractivity contribution in [1.29, 1.82) is 0 Å². The van der Waals surface area contributed by atoms with Crippen LogP contribution in [0.5, 0.6) is 0 Å². The van der Waals surface area contributed by atoms with E-state index in [1.54, 1.807) is 0 Å². The summed E-state index contributed by atoms with van der Waals surface area (Å²) in [5.41, 5.74) is -1.30. The summed E-state index contributed by atoms with van der Waals surface area (Å²) in [5, 5.41) is 3.57. The van der Waals surface area contributed by atoms with Gasteiger partial charge in [-0.05, 0) is 109 Å². The van der Waals surface area contributed by atoms with E-state index in [9.17, 15) is 26.3 Å². The highest BCUT2D eigenvalue weighted by atomic mass is 19.4. The van der Waals surface area contributed by atoms with Gasteiger partial charge in [0, 0.05) is 13.2 Å². The fourth-order valence-electron chi connectivity index (χ4n) is 4.38. The maximum atomic E-state index is 12.5. The van der Waals surface area contributed by atoms with Crippen molar-refractivity contribution in [2.75, 3.05) is 33.8 Å². The molecular formula is C36H64F6N2O. The second-order valence-corrected chi connectivity index (χ2v) is 10.3. The maximum Gasteiger partial charge on any atom is 0.416 e. The summed E-state index contributed by atoms with van der Waals surface area (Å²) in [6.07, 6.45) is 5.80. The molecule has 0 radical (unpaired) electrons. The molecule has 2 fully saturated rings. The van der Waals surface area contributed by atoms with E-state index in [4.69, 9.17) is 4.74 Å². The van der Waals surface area contributed by atoms with Gasteiger partial charge >= 0.3 is 12.4 Å². The average molecular weight is 655 g/mol. The van der Waals surface area contributed by atoms with E-state index in [0.29, 0.717) is 18.2 Å². The Bertz CT molecular complexity index is 824. The van der Waals surface area contributed by atoms with Crippen LogP contribution in [0.1, 0.15) is 136 Å². The number of alkyl halides is 6. The molecule has 266 valence electrons.